The van der Waals surface area contributed by atoms with Gasteiger partial charge in [-0.15, -0.1) is 0 Å². The summed E-state index contributed by atoms with van der Waals surface area (Å²) in [4.78, 5) is 23.3. The molecule has 2 aromatic carbocycles. The number of carbonyl (C=O) groups excluding carboxylic acids is 1. The summed E-state index contributed by atoms with van der Waals surface area (Å²) in [5, 5.41) is 14.8. The van der Waals surface area contributed by atoms with E-state index in [9.17, 15) is 9.59 Å². The summed E-state index contributed by atoms with van der Waals surface area (Å²) in [5.41, 5.74) is 2.33. The van der Waals surface area contributed by atoms with E-state index in [1.807, 2.05) is 18.2 Å². The predicted octanol–water partition coefficient (Wildman–Crippen LogP) is 2.69. The van der Waals surface area contributed by atoms with Gasteiger partial charge in [0.15, 0.2) is 11.5 Å². The van der Waals surface area contributed by atoms with Gasteiger partial charge in [0, 0.05) is 18.4 Å². The zero-order valence-electron chi connectivity index (χ0n) is 13.8. The lowest BCUT2D eigenvalue weighted by molar-refractivity contribution is -0.118. The minimum Gasteiger partial charge on any atom is -0.486 e. The Labute approximate surface area is 149 Å². The molecular formula is C19H16N2O5. The minimum atomic E-state index is -1.01. The summed E-state index contributed by atoms with van der Waals surface area (Å²) >= 11 is 0. The standard InChI is InChI=1S/C19H16N2O5/c22-18-8-6-15(13-3-7-16-17(11-13)26-10-9-25-16)20-21(18)14-4-1-12(2-5-14)19(23)24/h1-5,7,11H,6,8-10H2,(H,23,24). The summed E-state index contributed by atoms with van der Waals surface area (Å²) in [5.74, 6) is 0.232. The summed E-state index contributed by atoms with van der Waals surface area (Å²) in [7, 11) is 0. The van der Waals surface area contributed by atoms with Gasteiger partial charge in [-0.05, 0) is 42.5 Å². The second kappa shape index (κ2) is 6.51. The number of hydrogen-bond donors (Lipinski definition) is 1. The SMILES string of the molecule is O=C(O)c1ccc(N2N=C(c3ccc4c(c3)OCCO4)CCC2=O)cc1. The molecule has 1 N–H and O–H groups in total. The molecule has 0 aliphatic carbocycles. The molecular weight excluding hydrogens is 336 g/mol. The van der Waals surface area contributed by atoms with Crippen LogP contribution in [-0.2, 0) is 4.79 Å². The first-order valence-corrected chi connectivity index (χ1v) is 8.25. The number of rotatable bonds is 3. The van der Waals surface area contributed by atoms with E-state index in [1.54, 1.807) is 12.1 Å². The Kier molecular flexibility index (Phi) is 4.04. The van der Waals surface area contributed by atoms with Gasteiger partial charge in [0.2, 0.25) is 5.91 Å². The van der Waals surface area contributed by atoms with Crippen LogP contribution >= 0.6 is 0 Å². The van der Waals surface area contributed by atoms with Crippen LogP contribution in [0.1, 0.15) is 28.8 Å². The minimum absolute atomic E-state index is 0.130. The second-order valence-electron chi connectivity index (χ2n) is 5.96. The number of nitrogens with zero attached hydrogens (tertiary/aromatic N) is 2. The Hall–Kier alpha value is -3.35. The smallest absolute Gasteiger partial charge is 0.335 e. The summed E-state index contributed by atoms with van der Waals surface area (Å²) in [6, 6.07) is 11.7. The summed E-state index contributed by atoms with van der Waals surface area (Å²) in [6.07, 6.45) is 0.857. The number of carboxylic acids is 1. The first kappa shape index (κ1) is 16.1. The molecule has 0 fully saturated rings. The van der Waals surface area contributed by atoms with Crippen molar-refractivity contribution in [1.82, 2.24) is 0 Å². The van der Waals surface area contributed by atoms with E-state index in [-0.39, 0.29) is 11.5 Å². The van der Waals surface area contributed by atoms with Crippen molar-refractivity contribution in [3.8, 4) is 11.5 Å². The zero-order chi connectivity index (χ0) is 18.1. The molecule has 0 unspecified atom stereocenters. The van der Waals surface area contributed by atoms with Crippen molar-refractivity contribution >= 4 is 23.3 Å². The number of benzene rings is 2. The van der Waals surface area contributed by atoms with Crippen LogP contribution in [0.5, 0.6) is 11.5 Å². The molecule has 0 atom stereocenters. The van der Waals surface area contributed by atoms with Crippen LogP contribution in [0.15, 0.2) is 47.6 Å². The first-order valence-electron chi connectivity index (χ1n) is 8.25. The number of anilines is 1. The maximum absolute atomic E-state index is 12.3. The van der Waals surface area contributed by atoms with Crippen LogP contribution < -0.4 is 14.5 Å². The number of fused-ring (bicyclic) bond motifs is 1. The number of amides is 1. The highest BCUT2D eigenvalue weighted by atomic mass is 16.6. The Bertz CT molecular complexity index is 905. The molecule has 0 spiro atoms. The van der Waals surface area contributed by atoms with Crippen molar-refractivity contribution < 1.29 is 24.2 Å². The molecule has 0 saturated carbocycles. The third kappa shape index (κ3) is 2.99. The molecule has 4 rings (SSSR count). The van der Waals surface area contributed by atoms with Gasteiger partial charge in [0.05, 0.1) is 17.0 Å². The van der Waals surface area contributed by atoms with Crippen molar-refractivity contribution in [1.29, 1.82) is 0 Å². The van der Waals surface area contributed by atoms with Gasteiger partial charge in [0.25, 0.3) is 0 Å². The maximum atomic E-state index is 12.3. The van der Waals surface area contributed by atoms with E-state index in [1.165, 1.54) is 17.1 Å². The molecule has 2 aliphatic heterocycles. The average molecular weight is 352 g/mol. The highest BCUT2D eigenvalue weighted by Crippen LogP contribution is 2.32. The van der Waals surface area contributed by atoms with E-state index < -0.39 is 5.97 Å². The molecule has 0 saturated heterocycles. The van der Waals surface area contributed by atoms with Crippen molar-refractivity contribution in [2.75, 3.05) is 18.2 Å². The van der Waals surface area contributed by atoms with E-state index in [0.29, 0.717) is 43.2 Å². The Balaban J connectivity index is 1.66. The molecule has 2 heterocycles. The lowest BCUT2D eigenvalue weighted by Crippen LogP contribution is -2.32. The molecule has 7 heteroatoms. The molecule has 1 amide bonds. The van der Waals surface area contributed by atoms with E-state index in [2.05, 4.69) is 5.10 Å². The van der Waals surface area contributed by atoms with Crippen molar-refractivity contribution in [2.24, 2.45) is 5.10 Å². The van der Waals surface area contributed by atoms with Crippen LogP contribution in [0.2, 0.25) is 0 Å². The van der Waals surface area contributed by atoms with Gasteiger partial charge in [-0.2, -0.15) is 5.10 Å². The molecule has 2 aromatic rings. The van der Waals surface area contributed by atoms with E-state index >= 15 is 0 Å². The normalized spacial score (nSPS) is 16.2. The maximum Gasteiger partial charge on any atom is 0.335 e. The quantitative estimate of drug-likeness (QED) is 0.917. The first-order chi connectivity index (χ1) is 12.6. The van der Waals surface area contributed by atoms with Crippen LogP contribution in [-0.4, -0.2) is 35.9 Å². The lowest BCUT2D eigenvalue weighted by atomic mass is 10.0. The Morgan fingerprint density at radius 1 is 1.00 bits per heavy atom. The van der Waals surface area contributed by atoms with Crippen molar-refractivity contribution in [3.05, 3.63) is 53.6 Å². The molecule has 2 aliphatic rings. The molecule has 0 radical (unpaired) electrons. The fourth-order valence-corrected chi connectivity index (χ4v) is 2.93. The van der Waals surface area contributed by atoms with Gasteiger partial charge >= 0.3 is 5.97 Å². The molecule has 132 valence electrons. The molecule has 0 aromatic heterocycles. The number of hydrogen-bond acceptors (Lipinski definition) is 5. The van der Waals surface area contributed by atoms with Gasteiger partial charge in [-0.25, -0.2) is 9.80 Å². The second-order valence-corrected chi connectivity index (χ2v) is 5.96. The van der Waals surface area contributed by atoms with Gasteiger partial charge < -0.3 is 14.6 Å². The zero-order valence-corrected chi connectivity index (χ0v) is 13.8. The fraction of sp³-hybridized carbons (Fsp3) is 0.211. The van der Waals surface area contributed by atoms with Gasteiger partial charge in [0.1, 0.15) is 13.2 Å². The highest BCUT2D eigenvalue weighted by Gasteiger charge is 2.24. The van der Waals surface area contributed by atoms with E-state index in [0.717, 1.165) is 11.3 Å². The van der Waals surface area contributed by atoms with Crippen LogP contribution in [0, 0.1) is 0 Å². The predicted molar refractivity (Wildman–Crippen MR) is 94.1 cm³/mol. The lowest BCUT2D eigenvalue weighted by Gasteiger charge is -2.24. The van der Waals surface area contributed by atoms with Gasteiger partial charge in [-0.1, -0.05) is 0 Å². The molecule has 26 heavy (non-hydrogen) atoms. The van der Waals surface area contributed by atoms with Crippen LogP contribution in [0.4, 0.5) is 5.69 Å². The van der Waals surface area contributed by atoms with Crippen molar-refractivity contribution in [2.45, 2.75) is 12.8 Å². The fourth-order valence-electron chi connectivity index (χ4n) is 2.93. The third-order valence-corrected chi connectivity index (χ3v) is 4.27. The number of aromatic carboxylic acids is 1. The third-order valence-electron chi connectivity index (χ3n) is 4.27. The molecule has 0 bridgehead atoms. The number of carbonyl (C=O) groups is 2. The average Bonchev–Trinajstić information content (AvgIpc) is 2.68. The van der Waals surface area contributed by atoms with E-state index in [4.69, 9.17) is 14.6 Å². The largest absolute Gasteiger partial charge is 0.486 e. The van der Waals surface area contributed by atoms with Gasteiger partial charge in [-0.3, -0.25) is 4.79 Å². The summed E-state index contributed by atoms with van der Waals surface area (Å²) < 4.78 is 11.1. The number of hydrazone groups is 1. The highest BCUT2D eigenvalue weighted by molar-refractivity contribution is 6.09. The Morgan fingerprint density at radius 2 is 1.73 bits per heavy atom. The van der Waals surface area contributed by atoms with Crippen LogP contribution in [0.25, 0.3) is 0 Å². The van der Waals surface area contributed by atoms with Crippen molar-refractivity contribution in [3.63, 3.8) is 0 Å². The topological polar surface area (TPSA) is 88.4 Å². The summed E-state index contributed by atoms with van der Waals surface area (Å²) in [6.45, 7) is 1.03. The molecule has 7 nitrogen and oxygen atoms in total. The Morgan fingerprint density at radius 3 is 2.46 bits per heavy atom. The monoisotopic (exact) mass is 352 g/mol. The number of carboxylic acid groups (broad SMARTS) is 1. The number of ether oxygens (including phenoxy) is 2. The van der Waals surface area contributed by atoms with Crippen LogP contribution in [0.3, 0.4) is 0 Å².